The molecule has 0 amide bonds. The van der Waals surface area contributed by atoms with Gasteiger partial charge in [0.25, 0.3) is 0 Å². The van der Waals surface area contributed by atoms with Crippen LogP contribution in [0.15, 0.2) is 24.3 Å². The van der Waals surface area contributed by atoms with Crippen LogP contribution in [0.4, 0.5) is 0 Å². The number of ether oxygens (including phenoxy) is 1. The second-order valence-electron chi connectivity index (χ2n) is 6.20. The van der Waals surface area contributed by atoms with E-state index >= 15 is 0 Å². The van der Waals surface area contributed by atoms with E-state index in [9.17, 15) is 0 Å². The SMILES string of the molecule is COc1nc(B2OC(C)(C)C(C)(C)O2)c2ccccc2n1. The number of rotatable bonds is 2. The maximum absolute atomic E-state index is 6.09. The van der Waals surface area contributed by atoms with Crippen molar-refractivity contribution in [2.24, 2.45) is 0 Å². The highest BCUT2D eigenvalue weighted by Gasteiger charge is 2.53. The number of hydrogen-bond acceptors (Lipinski definition) is 5. The van der Waals surface area contributed by atoms with Gasteiger partial charge in [-0.15, -0.1) is 0 Å². The maximum atomic E-state index is 6.09. The van der Waals surface area contributed by atoms with E-state index in [1.165, 1.54) is 0 Å². The summed E-state index contributed by atoms with van der Waals surface area (Å²) in [6, 6.07) is 8.09. The van der Waals surface area contributed by atoms with Crippen molar-refractivity contribution < 1.29 is 14.0 Å². The van der Waals surface area contributed by atoms with Gasteiger partial charge in [0.2, 0.25) is 0 Å². The molecular weight excluding hydrogens is 267 g/mol. The molecule has 5 nitrogen and oxygen atoms in total. The third-order valence-corrected chi connectivity index (χ3v) is 4.27. The van der Waals surface area contributed by atoms with E-state index in [0.717, 1.165) is 10.9 Å². The quantitative estimate of drug-likeness (QED) is 0.790. The molecule has 0 unspecified atom stereocenters. The Balaban J connectivity index is 2.13. The molecule has 0 N–H and O–H groups in total. The van der Waals surface area contributed by atoms with Gasteiger partial charge in [-0.05, 0) is 33.8 Å². The van der Waals surface area contributed by atoms with E-state index in [1.54, 1.807) is 7.11 Å². The summed E-state index contributed by atoms with van der Waals surface area (Å²) in [5.41, 5.74) is 0.707. The zero-order chi connectivity index (χ0) is 15.3. The highest BCUT2D eigenvalue weighted by atomic mass is 16.7. The van der Waals surface area contributed by atoms with Crippen LogP contribution in [0.25, 0.3) is 10.9 Å². The first kappa shape index (κ1) is 14.3. The Labute approximate surface area is 124 Å². The van der Waals surface area contributed by atoms with Crippen molar-refractivity contribution in [1.29, 1.82) is 0 Å². The molecule has 1 saturated heterocycles. The average molecular weight is 286 g/mol. The van der Waals surface area contributed by atoms with Gasteiger partial charge in [0, 0.05) is 5.39 Å². The fraction of sp³-hybridized carbons (Fsp3) is 0.467. The molecule has 0 saturated carbocycles. The van der Waals surface area contributed by atoms with Crippen molar-refractivity contribution in [3.63, 3.8) is 0 Å². The van der Waals surface area contributed by atoms with Crippen LogP contribution in [0.2, 0.25) is 0 Å². The number of methoxy groups -OCH3 is 1. The normalized spacial score (nSPS) is 20.0. The summed E-state index contributed by atoms with van der Waals surface area (Å²) in [4.78, 5) is 8.80. The van der Waals surface area contributed by atoms with Gasteiger partial charge in [0.1, 0.15) is 0 Å². The first-order valence-electron chi connectivity index (χ1n) is 7.00. The second kappa shape index (κ2) is 4.68. The number of nitrogens with zero attached hydrogens (tertiary/aromatic N) is 2. The lowest BCUT2D eigenvalue weighted by molar-refractivity contribution is 0.00578. The van der Waals surface area contributed by atoms with Gasteiger partial charge in [-0.25, -0.2) is 4.98 Å². The van der Waals surface area contributed by atoms with Gasteiger partial charge in [-0.2, -0.15) is 4.98 Å². The summed E-state index contributed by atoms with van der Waals surface area (Å²) in [6.45, 7) is 8.09. The summed E-state index contributed by atoms with van der Waals surface area (Å²) >= 11 is 0. The Morgan fingerprint density at radius 1 is 1.00 bits per heavy atom. The zero-order valence-electron chi connectivity index (χ0n) is 13.0. The number of para-hydroxylation sites is 1. The summed E-state index contributed by atoms with van der Waals surface area (Å²) in [5.74, 6) is 0. The van der Waals surface area contributed by atoms with Crippen LogP contribution in [0.3, 0.4) is 0 Å². The fourth-order valence-electron chi connectivity index (χ4n) is 2.30. The average Bonchev–Trinajstić information content (AvgIpc) is 2.66. The maximum Gasteiger partial charge on any atom is 0.515 e. The van der Waals surface area contributed by atoms with E-state index < -0.39 is 18.3 Å². The van der Waals surface area contributed by atoms with Crippen LogP contribution < -0.4 is 10.3 Å². The largest absolute Gasteiger partial charge is 0.515 e. The van der Waals surface area contributed by atoms with Crippen molar-refractivity contribution in [3.05, 3.63) is 24.3 Å². The number of benzene rings is 1. The summed E-state index contributed by atoms with van der Waals surface area (Å²) in [6.07, 6.45) is 0. The Bertz CT molecular complexity index is 672. The smallest absolute Gasteiger partial charge is 0.467 e. The third kappa shape index (κ3) is 2.28. The standard InChI is InChI=1S/C15H19BN2O3/c1-14(2)15(3,4)21-16(20-14)12-10-8-6-7-9-11(10)17-13(18-12)19-5/h6-9H,1-5H3. The predicted molar refractivity (Wildman–Crippen MR) is 81.8 cm³/mol. The number of aromatic nitrogens is 2. The molecule has 1 aromatic heterocycles. The molecule has 2 heterocycles. The van der Waals surface area contributed by atoms with Crippen LogP contribution in [0, 0.1) is 0 Å². The molecule has 1 fully saturated rings. The Kier molecular flexibility index (Phi) is 3.18. The summed E-state index contributed by atoms with van der Waals surface area (Å²) in [5, 5.41) is 0.914. The molecule has 0 radical (unpaired) electrons. The minimum atomic E-state index is -0.531. The van der Waals surface area contributed by atoms with Crippen LogP contribution in [-0.2, 0) is 9.31 Å². The molecule has 1 aliphatic rings. The zero-order valence-corrected chi connectivity index (χ0v) is 13.0. The molecular formula is C15H19BN2O3. The summed E-state index contributed by atoms with van der Waals surface area (Å²) < 4.78 is 17.4. The fourth-order valence-corrected chi connectivity index (χ4v) is 2.30. The van der Waals surface area contributed by atoms with Crippen molar-refractivity contribution in [2.45, 2.75) is 38.9 Å². The lowest BCUT2D eigenvalue weighted by atomic mass is 9.82. The molecule has 3 rings (SSSR count). The second-order valence-corrected chi connectivity index (χ2v) is 6.20. The number of fused-ring (bicyclic) bond motifs is 1. The Morgan fingerprint density at radius 3 is 2.24 bits per heavy atom. The van der Waals surface area contributed by atoms with E-state index in [0.29, 0.717) is 11.6 Å². The van der Waals surface area contributed by atoms with Gasteiger partial charge in [-0.1, -0.05) is 18.2 Å². The minimum Gasteiger partial charge on any atom is -0.467 e. The minimum absolute atomic E-state index is 0.318. The monoisotopic (exact) mass is 286 g/mol. The first-order valence-corrected chi connectivity index (χ1v) is 7.00. The van der Waals surface area contributed by atoms with Crippen molar-refractivity contribution >= 4 is 23.6 Å². The van der Waals surface area contributed by atoms with Gasteiger partial charge in [0.15, 0.2) is 0 Å². The van der Waals surface area contributed by atoms with Crippen molar-refractivity contribution in [1.82, 2.24) is 9.97 Å². The molecule has 6 heteroatoms. The first-order chi connectivity index (χ1) is 9.84. The van der Waals surface area contributed by atoms with Crippen LogP contribution in [0.1, 0.15) is 27.7 Å². The third-order valence-electron chi connectivity index (χ3n) is 4.27. The van der Waals surface area contributed by atoms with Gasteiger partial charge < -0.3 is 14.0 Å². The number of hydrogen-bond donors (Lipinski definition) is 0. The Hall–Kier alpha value is -1.66. The molecule has 0 spiro atoms. The van der Waals surface area contributed by atoms with Crippen LogP contribution >= 0.6 is 0 Å². The lowest BCUT2D eigenvalue weighted by Crippen LogP contribution is -2.41. The molecule has 0 bridgehead atoms. The van der Waals surface area contributed by atoms with Crippen molar-refractivity contribution in [3.8, 4) is 6.01 Å². The van der Waals surface area contributed by atoms with Gasteiger partial charge in [-0.3, -0.25) is 0 Å². The van der Waals surface area contributed by atoms with Gasteiger partial charge in [0.05, 0.1) is 29.4 Å². The van der Waals surface area contributed by atoms with Crippen LogP contribution in [-0.4, -0.2) is 35.4 Å². The van der Waals surface area contributed by atoms with Crippen LogP contribution in [0.5, 0.6) is 6.01 Å². The van der Waals surface area contributed by atoms with Crippen molar-refractivity contribution in [2.75, 3.05) is 7.11 Å². The summed E-state index contributed by atoms with van der Waals surface area (Å²) in [7, 11) is 1.02. The molecule has 110 valence electrons. The molecule has 21 heavy (non-hydrogen) atoms. The molecule has 1 aromatic carbocycles. The molecule has 1 aliphatic heterocycles. The lowest BCUT2D eigenvalue weighted by Gasteiger charge is -2.32. The van der Waals surface area contributed by atoms with E-state index in [2.05, 4.69) is 9.97 Å². The topological polar surface area (TPSA) is 53.5 Å². The van der Waals surface area contributed by atoms with E-state index in [1.807, 2.05) is 52.0 Å². The predicted octanol–water partition coefficient (Wildman–Crippen LogP) is 1.94. The Morgan fingerprint density at radius 2 is 1.62 bits per heavy atom. The highest BCUT2D eigenvalue weighted by Crippen LogP contribution is 2.36. The molecule has 0 aliphatic carbocycles. The molecule has 0 atom stereocenters. The van der Waals surface area contributed by atoms with E-state index in [4.69, 9.17) is 14.0 Å². The van der Waals surface area contributed by atoms with E-state index in [-0.39, 0.29) is 0 Å². The molecule has 2 aromatic rings. The van der Waals surface area contributed by atoms with Gasteiger partial charge >= 0.3 is 13.1 Å². The highest BCUT2D eigenvalue weighted by molar-refractivity contribution is 6.64.